The fraction of sp³-hybridized carbons (Fsp3) is 0.455. The summed E-state index contributed by atoms with van der Waals surface area (Å²) in [6.07, 6.45) is 5.85. The quantitative estimate of drug-likeness (QED) is 0.563. The van der Waals surface area contributed by atoms with Crippen LogP contribution >= 0.6 is 11.8 Å². The van der Waals surface area contributed by atoms with Crippen molar-refractivity contribution in [2.75, 3.05) is 25.1 Å². The Bertz CT molecular complexity index is 918. The molecule has 0 aliphatic carbocycles. The lowest BCUT2D eigenvalue weighted by Crippen LogP contribution is -2.52. The van der Waals surface area contributed by atoms with Crippen molar-refractivity contribution in [1.29, 1.82) is 0 Å². The number of aromatic nitrogens is 1. The van der Waals surface area contributed by atoms with E-state index in [0.717, 1.165) is 38.2 Å². The number of likely N-dealkylation sites (tertiary alicyclic amines) is 1. The van der Waals surface area contributed by atoms with Crippen LogP contribution in [0, 0.1) is 0 Å². The van der Waals surface area contributed by atoms with E-state index in [1.54, 1.807) is 36.2 Å². The predicted octanol–water partition coefficient (Wildman–Crippen LogP) is 2.26. The van der Waals surface area contributed by atoms with E-state index < -0.39 is 16.1 Å². The summed E-state index contributed by atoms with van der Waals surface area (Å²) in [7, 11) is -3.75. The van der Waals surface area contributed by atoms with Gasteiger partial charge < -0.3 is 5.32 Å². The Morgan fingerprint density at radius 2 is 1.87 bits per heavy atom. The van der Waals surface area contributed by atoms with Gasteiger partial charge in [0.1, 0.15) is 6.04 Å². The van der Waals surface area contributed by atoms with E-state index in [9.17, 15) is 13.2 Å². The minimum Gasteiger partial charge on any atom is -0.352 e. The average Bonchev–Trinajstić information content (AvgIpc) is 2.79. The summed E-state index contributed by atoms with van der Waals surface area (Å²) in [6.45, 7) is 2.54. The molecule has 1 aliphatic heterocycles. The second kappa shape index (κ2) is 11.6. The first-order chi connectivity index (χ1) is 15.0. The highest BCUT2D eigenvalue weighted by atomic mass is 32.2. The molecule has 0 bridgehead atoms. The van der Waals surface area contributed by atoms with Crippen molar-refractivity contribution < 1.29 is 13.2 Å². The number of hydrogen-bond donors (Lipinski definition) is 2. The van der Waals surface area contributed by atoms with E-state index in [0.29, 0.717) is 12.2 Å². The van der Waals surface area contributed by atoms with Crippen molar-refractivity contribution in [1.82, 2.24) is 19.9 Å². The number of thioether (sulfide) groups is 1. The molecular formula is C22H30N4O3S2. The average molecular weight is 463 g/mol. The van der Waals surface area contributed by atoms with Crippen LogP contribution in [-0.4, -0.2) is 61.4 Å². The zero-order valence-electron chi connectivity index (χ0n) is 17.7. The van der Waals surface area contributed by atoms with Gasteiger partial charge in [-0.25, -0.2) is 8.42 Å². The Balaban J connectivity index is 1.54. The molecule has 1 aliphatic rings. The highest BCUT2D eigenvalue weighted by molar-refractivity contribution is 7.98. The van der Waals surface area contributed by atoms with Crippen LogP contribution < -0.4 is 10.0 Å². The highest BCUT2D eigenvalue weighted by Gasteiger charge is 2.28. The Hall–Kier alpha value is -1.94. The summed E-state index contributed by atoms with van der Waals surface area (Å²) < 4.78 is 28.0. The maximum Gasteiger partial charge on any atom is 0.241 e. The maximum atomic E-state index is 12.9. The summed E-state index contributed by atoms with van der Waals surface area (Å²) >= 11 is 1.59. The largest absolute Gasteiger partial charge is 0.352 e. The predicted molar refractivity (Wildman–Crippen MR) is 124 cm³/mol. The fourth-order valence-electron chi connectivity index (χ4n) is 3.59. The molecule has 0 spiro atoms. The smallest absolute Gasteiger partial charge is 0.241 e. The van der Waals surface area contributed by atoms with Crippen LogP contribution in [0.1, 0.15) is 25.0 Å². The first kappa shape index (κ1) is 23.7. The molecule has 1 aromatic heterocycles. The Morgan fingerprint density at radius 1 is 1.16 bits per heavy atom. The van der Waals surface area contributed by atoms with Crippen molar-refractivity contribution in [3.8, 4) is 0 Å². The number of pyridine rings is 1. The van der Waals surface area contributed by atoms with Gasteiger partial charge in [0.05, 0.1) is 10.6 Å². The number of rotatable bonds is 10. The van der Waals surface area contributed by atoms with E-state index in [4.69, 9.17) is 0 Å². The molecule has 1 saturated heterocycles. The lowest BCUT2D eigenvalue weighted by molar-refractivity contribution is -0.123. The molecule has 0 saturated carbocycles. The lowest BCUT2D eigenvalue weighted by Gasteiger charge is -2.33. The van der Waals surface area contributed by atoms with Crippen LogP contribution in [0.2, 0.25) is 0 Å². The van der Waals surface area contributed by atoms with Gasteiger partial charge >= 0.3 is 0 Å². The van der Waals surface area contributed by atoms with Crippen molar-refractivity contribution in [3.05, 3.63) is 60.4 Å². The zero-order valence-corrected chi connectivity index (χ0v) is 19.4. The van der Waals surface area contributed by atoms with E-state index in [-0.39, 0.29) is 16.8 Å². The van der Waals surface area contributed by atoms with Crippen LogP contribution in [0.4, 0.5) is 0 Å². The Labute approximate surface area is 189 Å². The number of nitrogens with one attached hydrogen (secondary N) is 2. The molecule has 9 heteroatoms. The number of carbonyl (C=O) groups excluding carboxylic acids is 1. The molecule has 1 atom stereocenters. The molecule has 2 aromatic rings. The number of amides is 1. The van der Waals surface area contributed by atoms with E-state index >= 15 is 0 Å². The van der Waals surface area contributed by atoms with Gasteiger partial charge in [0, 0.05) is 31.9 Å². The van der Waals surface area contributed by atoms with Gasteiger partial charge in [-0.2, -0.15) is 16.5 Å². The number of sulfonamides is 1. The second-order valence-corrected chi connectivity index (χ2v) is 10.3. The minimum absolute atomic E-state index is 0.0468. The van der Waals surface area contributed by atoms with Gasteiger partial charge in [-0.3, -0.25) is 14.7 Å². The van der Waals surface area contributed by atoms with Crippen molar-refractivity contribution in [3.63, 3.8) is 0 Å². The van der Waals surface area contributed by atoms with Crippen LogP contribution in [-0.2, 0) is 21.4 Å². The molecule has 1 aromatic carbocycles. The Morgan fingerprint density at radius 3 is 2.52 bits per heavy atom. The Kier molecular flexibility index (Phi) is 8.89. The standard InChI is InChI=1S/C22H30N4O3S2/c1-30-16-12-21(25-31(28,29)20-8-3-2-4-9-20)22(27)24-18-10-14-26(15-11-18)17-19-7-5-6-13-23-19/h2-9,13,18,21,25H,10-12,14-17H2,1H3,(H,24,27). The topological polar surface area (TPSA) is 91.4 Å². The van der Waals surface area contributed by atoms with E-state index in [2.05, 4.69) is 19.9 Å². The molecule has 2 heterocycles. The van der Waals surface area contributed by atoms with Gasteiger partial charge in [-0.05, 0) is 55.5 Å². The first-order valence-electron chi connectivity index (χ1n) is 10.5. The monoisotopic (exact) mass is 462 g/mol. The molecule has 168 valence electrons. The summed E-state index contributed by atoms with van der Waals surface area (Å²) in [6, 6.07) is 13.3. The van der Waals surface area contributed by atoms with Crippen molar-refractivity contribution in [2.24, 2.45) is 0 Å². The van der Waals surface area contributed by atoms with Crippen LogP contribution in [0.5, 0.6) is 0 Å². The number of benzene rings is 1. The molecule has 1 unspecified atom stereocenters. The normalized spacial score (nSPS) is 16.7. The molecule has 2 N–H and O–H groups in total. The summed E-state index contributed by atoms with van der Waals surface area (Å²) in [5.74, 6) is 0.439. The fourth-order valence-corrected chi connectivity index (χ4v) is 5.31. The number of hydrogen-bond acceptors (Lipinski definition) is 6. The van der Waals surface area contributed by atoms with Gasteiger partial charge in [-0.15, -0.1) is 0 Å². The number of nitrogens with zero attached hydrogens (tertiary/aromatic N) is 2. The molecule has 7 nitrogen and oxygen atoms in total. The van der Waals surface area contributed by atoms with Crippen LogP contribution in [0.3, 0.4) is 0 Å². The van der Waals surface area contributed by atoms with Crippen molar-refractivity contribution in [2.45, 2.75) is 42.8 Å². The van der Waals surface area contributed by atoms with E-state index in [1.165, 1.54) is 12.1 Å². The van der Waals surface area contributed by atoms with Gasteiger partial charge in [0.15, 0.2) is 0 Å². The lowest BCUT2D eigenvalue weighted by atomic mass is 10.0. The minimum atomic E-state index is -3.75. The maximum absolute atomic E-state index is 12.9. The second-order valence-electron chi connectivity index (χ2n) is 7.65. The molecule has 1 amide bonds. The summed E-state index contributed by atoms with van der Waals surface area (Å²) in [5.41, 5.74) is 1.04. The molecule has 3 rings (SSSR count). The van der Waals surface area contributed by atoms with Crippen LogP contribution in [0.15, 0.2) is 59.6 Å². The number of piperidine rings is 1. The van der Waals surface area contributed by atoms with Gasteiger partial charge in [0.2, 0.25) is 15.9 Å². The zero-order chi connectivity index (χ0) is 22.1. The summed E-state index contributed by atoms with van der Waals surface area (Å²) in [5, 5.41) is 3.07. The third-order valence-corrected chi connectivity index (χ3v) is 7.46. The molecule has 31 heavy (non-hydrogen) atoms. The third kappa shape index (κ3) is 7.31. The van der Waals surface area contributed by atoms with E-state index in [1.807, 2.05) is 24.5 Å². The van der Waals surface area contributed by atoms with Crippen LogP contribution in [0.25, 0.3) is 0 Å². The van der Waals surface area contributed by atoms with Gasteiger partial charge in [-0.1, -0.05) is 24.3 Å². The SMILES string of the molecule is CSCCC(NS(=O)(=O)c1ccccc1)C(=O)NC1CCN(Cc2ccccn2)CC1. The molecule has 0 radical (unpaired) electrons. The third-order valence-electron chi connectivity index (χ3n) is 5.32. The molecule has 1 fully saturated rings. The first-order valence-corrected chi connectivity index (χ1v) is 13.3. The van der Waals surface area contributed by atoms with Crippen molar-refractivity contribution >= 4 is 27.7 Å². The highest BCUT2D eigenvalue weighted by Crippen LogP contribution is 2.15. The summed E-state index contributed by atoms with van der Waals surface area (Å²) in [4.78, 5) is 19.8. The molecular weight excluding hydrogens is 432 g/mol. The number of carbonyl (C=O) groups is 1. The van der Waals surface area contributed by atoms with Gasteiger partial charge in [0.25, 0.3) is 0 Å².